The average molecular weight is 371 g/mol. The van der Waals surface area contributed by atoms with Gasteiger partial charge in [-0.05, 0) is 52.8 Å². The molecule has 0 saturated heterocycles. The first-order chi connectivity index (χ1) is 13.7. The van der Waals surface area contributed by atoms with Gasteiger partial charge in [-0.2, -0.15) is 0 Å². The van der Waals surface area contributed by atoms with Gasteiger partial charge in [-0.15, -0.1) is 0 Å². The third-order valence-electron chi connectivity index (χ3n) is 6.14. The van der Waals surface area contributed by atoms with E-state index in [1.165, 1.54) is 11.1 Å². The second-order valence-electron chi connectivity index (χ2n) is 7.51. The fraction of sp³-hybridized carbons (Fsp3) is 0.208. The van der Waals surface area contributed by atoms with Gasteiger partial charge in [0.2, 0.25) is 0 Å². The van der Waals surface area contributed by atoms with Crippen LogP contribution in [0.5, 0.6) is 5.75 Å². The van der Waals surface area contributed by atoms with Crippen molar-refractivity contribution in [2.24, 2.45) is 5.92 Å². The minimum absolute atomic E-state index is 0.0382. The van der Waals surface area contributed by atoms with Crippen molar-refractivity contribution >= 4 is 11.7 Å². The Morgan fingerprint density at radius 3 is 2.50 bits per heavy atom. The van der Waals surface area contributed by atoms with Crippen molar-refractivity contribution in [3.63, 3.8) is 0 Å². The molecule has 2 aliphatic rings. The number of carboxylic acids is 1. The summed E-state index contributed by atoms with van der Waals surface area (Å²) < 4.78 is 5.30. The summed E-state index contributed by atoms with van der Waals surface area (Å²) in [6.07, 6.45) is 0.973. The summed E-state index contributed by atoms with van der Waals surface area (Å²) >= 11 is 0. The highest BCUT2D eigenvalue weighted by Crippen LogP contribution is 2.54. The Hall–Kier alpha value is -3.27. The molecule has 2 N–H and O–H groups in total. The van der Waals surface area contributed by atoms with Crippen molar-refractivity contribution in [1.82, 2.24) is 0 Å². The Labute approximate surface area is 163 Å². The van der Waals surface area contributed by atoms with Crippen molar-refractivity contribution in [3.8, 4) is 5.75 Å². The fourth-order valence-corrected chi connectivity index (χ4v) is 4.91. The summed E-state index contributed by atoms with van der Waals surface area (Å²) in [4.78, 5) is 11.9. The van der Waals surface area contributed by atoms with Crippen LogP contribution in [0.4, 0.5) is 5.69 Å². The van der Waals surface area contributed by atoms with E-state index in [0.717, 1.165) is 29.0 Å². The highest BCUT2D eigenvalue weighted by Gasteiger charge is 2.44. The molecule has 1 aliphatic carbocycles. The van der Waals surface area contributed by atoms with Crippen LogP contribution in [0, 0.1) is 5.92 Å². The molecule has 4 heteroatoms. The maximum Gasteiger partial charge on any atom is 0.337 e. The van der Waals surface area contributed by atoms with E-state index in [9.17, 15) is 9.90 Å². The number of rotatable bonds is 3. The molecule has 3 aromatic carbocycles. The van der Waals surface area contributed by atoms with E-state index in [1.54, 1.807) is 13.2 Å². The first-order valence-electron chi connectivity index (χ1n) is 9.52. The number of carbonyl (C=O) groups is 1. The standard InChI is InChI=1S/C24H21NO3/c1-28-16-11-9-14(10-12-16)22-20-13-15-5-2-3-6-17(15)21(20)18-7-4-8-19(24(26)27)23(18)25-22/h2-12,20-22,25H,13H2,1H3,(H,26,27)/t20-,21+,22+/m1/s1. The number of nitrogens with one attached hydrogen (secondary N) is 1. The quantitative estimate of drug-likeness (QED) is 0.690. The predicted molar refractivity (Wildman–Crippen MR) is 108 cm³/mol. The van der Waals surface area contributed by atoms with Gasteiger partial charge in [0.1, 0.15) is 5.75 Å². The summed E-state index contributed by atoms with van der Waals surface area (Å²) in [7, 11) is 1.66. The molecule has 0 spiro atoms. The van der Waals surface area contributed by atoms with Gasteiger partial charge in [0.05, 0.1) is 24.4 Å². The van der Waals surface area contributed by atoms with Crippen molar-refractivity contribution in [1.29, 1.82) is 0 Å². The molecule has 0 fully saturated rings. The van der Waals surface area contributed by atoms with Gasteiger partial charge in [-0.3, -0.25) is 0 Å². The number of methoxy groups -OCH3 is 1. The molecule has 0 unspecified atom stereocenters. The Kier molecular flexibility index (Phi) is 3.86. The number of ether oxygens (including phenoxy) is 1. The van der Waals surface area contributed by atoms with Gasteiger partial charge in [0.25, 0.3) is 0 Å². The number of fused-ring (bicyclic) bond motifs is 5. The molecule has 3 aromatic rings. The fourth-order valence-electron chi connectivity index (χ4n) is 4.91. The van der Waals surface area contributed by atoms with Gasteiger partial charge in [0.15, 0.2) is 0 Å². The van der Waals surface area contributed by atoms with Crippen LogP contribution in [0.25, 0.3) is 0 Å². The molecular formula is C24H21NO3. The first-order valence-corrected chi connectivity index (χ1v) is 9.52. The number of hydrogen-bond donors (Lipinski definition) is 2. The number of aromatic carboxylic acids is 1. The molecule has 0 bridgehead atoms. The first kappa shape index (κ1) is 16.9. The number of hydrogen-bond acceptors (Lipinski definition) is 3. The summed E-state index contributed by atoms with van der Waals surface area (Å²) in [6, 6.07) is 22.3. The third-order valence-corrected chi connectivity index (χ3v) is 6.14. The second kappa shape index (κ2) is 6.41. The zero-order valence-corrected chi connectivity index (χ0v) is 15.6. The van der Waals surface area contributed by atoms with E-state index in [1.807, 2.05) is 18.2 Å². The lowest BCUT2D eigenvalue weighted by Gasteiger charge is -2.38. The maximum absolute atomic E-state index is 11.9. The number of carboxylic acid groups (broad SMARTS) is 1. The largest absolute Gasteiger partial charge is 0.497 e. The molecule has 140 valence electrons. The lowest BCUT2D eigenvalue weighted by atomic mass is 9.75. The van der Waals surface area contributed by atoms with Crippen LogP contribution in [0.15, 0.2) is 66.7 Å². The Bertz CT molecular complexity index is 1060. The van der Waals surface area contributed by atoms with E-state index in [0.29, 0.717) is 11.5 Å². The molecule has 1 heterocycles. The van der Waals surface area contributed by atoms with E-state index < -0.39 is 5.97 Å². The molecule has 3 atom stereocenters. The van der Waals surface area contributed by atoms with Crippen LogP contribution in [0.3, 0.4) is 0 Å². The molecule has 0 radical (unpaired) electrons. The number of benzene rings is 3. The normalized spacial score (nSPS) is 21.8. The molecule has 4 nitrogen and oxygen atoms in total. The van der Waals surface area contributed by atoms with Crippen LogP contribution < -0.4 is 10.1 Å². The zero-order valence-electron chi connectivity index (χ0n) is 15.6. The SMILES string of the molecule is COc1ccc([C@@H]2Nc3c(C(=O)O)cccc3[C@@H]3c4ccccc4C[C@H]32)cc1. The van der Waals surface area contributed by atoms with Crippen molar-refractivity contribution in [2.45, 2.75) is 18.4 Å². The molecule has 28 heavy (non-hydrogen) atoms. The van der Waals surface area contributed by atoms with E-state index in [4.69, 9.17) is 4.74 Å². The zero-order chi connectivity index (χ0) is 19.3. The van der Waals surface area contributed by atoms with Gasteiger partial charge >= 0.3 is 5.97 Å². The molecule has 0 saturated carbocycles. The molecule has 0 aromatic heterocycles. The lowest BCUT2D eigenvalue weighted by Crippen LogP contribution is -2.31. The Morgan fingerprint density at radius 2 is 1.75 bits per heavy atom. The maximum atomic E-state index is 11.9. The summed E-state index contributed by atoms with van der Waals surface area (Å²) in [5, 5.41) is 13.3. The van der Waals surface area contributed by atoms with Crippen LogP contribution in [0.2, 0.25) is 0 Å². The van der Waals surface area contributed by atoms with Crippen molar-refractivity contribution < 1.29 is 14.6 Å². The van der Waals surface area contributed by atoms with Crippen LogP contribution in [0.1, 0.15) is 44.6 Å². The third kappa shape index (κ3) is 2.48. The highest BCUT2D eigenvalue weighted by molar-refractivity contribution is 5.96. The van der Waals surface area contributed by atoms with Gasteiger partial charge in [-0.1, -0.05) is 48.5 Å². The molecular weight excluding hydrogens is 350 g/mol. The smallest absolute Gasteiger partial charge is 0.337 e. The van der Waals surface area contributed by atoms with Crippen molar-refractivity contribution in [3.05, 3.63) is 94.5 Å². The average Bonchev–Trinajstić information content (AvgIpc) is 3.12. The highest BCUT2D eigenvalue weighted by atomic mass is 16.5. The summed E-state index contributed by atoms with van der Waals surface area (Å²) in [5.74, 6) is 0.446. The number of para-hydroxylation sites is 1. The van der Waals surface area contributed by atoms with E-state index in [-0.39, 0.29) is 12.0 Å². The summed E-state index contributed by atoms with van der Waals surface area (Å²) in [5.41, 5.74) is 5.98. The Morgan fingerprint density at radius 1 is 1.00 bits per heavy atom. The van der Waals surface area contributed by atoms with Gasteiger partial charge in [0, 0.05) is 5.92 Å². The monoisotopic (exact) mass is 371 g/mol. The summed E-state index contributed by atoms with van der Waals surface area (Å²) in [6.45, 7) is 0. The molecule has 1 aliphatic heterocycles. The van der Waals surface area contributed by atoms with E-state index >= 15 is 0 Å². The van der Waals surface area contributed by atoms with Crippen molar-refractivity contribution in [2.75, 3.05) is 12.4 Å². The molecule has 0 amide bonds. The lowest BCUT2D eigenvalue weighted by molar-refractivity contribution is 0.0697. The second-order valence-corrected chi connectivity index (χ2v) is 7.51. The van der Waals surface area contributed by atoms with Gasteiger partial charge in [-0.25, -0.2) is 4.79 Å². The molecule has 5 rings (SSSR count). The Balaban J connectivity index is 1.69. The van der Waals surface area contributed by atoms with Gasteiger partial charge < -0.3 is 15.2 Å². The predicted octanol–water partition coefficient (Wildman–Crippen LogP) is 4.86. The van der Waals surface area contributed by atoms with Crippen LogP contribution >= 0.6 is 0 Å². The van der Waals surface area contributed by atoms with E-state index in [2.05, 4.69) is 47.8 Å². The van der Waals surface area contributed by atoms with Crippen LogP contribution in [-0.2, 0) is 6.42 Å². The topological polar surface area (TPSA) is 58.6 Å². The minimum Gasteiger partial charge on any atom is -0.497 e. The van der Waals surface area contributed by atoms with Crippen LogP contribution in [-0.4, -0.2) is 18.2 Å². The number of anilines is 1. The minimum atomic E-state index is -0.900.